The number of hydrogen-bond acceptors (Lipinski definition) is 4. The van der Waals surface area contributed by atoms with E-state index in [1.165, 1.54) is 21.5 Å². The van der Waals surface area contributed by atoms with Gasteiger partial charge >= 0.3 is 11.4 Å². The highest BCUT2D eigenvalue weighted by Crippen LogP contribution is 2.38. The number of hydrogen-bond donors (Lipinski definition) is 2. The van der Waals surface area contributed by atoms with Crippen molar-refractivity contribution >= 4 is 0 Å². The molecule has 0 bridgehead atoms. The van der Waals surface area contributed by atoms with Gasteiger partial charge in [0.25, 0.3) is 11.1 Å². The normalized spacial score (nSPS) is 16.3. The van der Waals surface area contributed by atoms with Crippen molar-refractivity contribution in [3.63, 3.8) is 0 Å². The molecule has 1 saturated carbocycles. The lowest BCUT2D eigenvalue weighted by Gasteiger charge is -2.44. The summed E-state index contributed by atoms with van der Waals surface area (Å²) >= 11 is 0. The van der Waals surface area contributed by atoms with Gasteiger partial charge in [-0.3, -0.25) is 28.7 Å². The highest BCUT2D eigenvalue weighted by molar-refractivity contribution is 5.10. The summed E-state index contributed by atoms with van der Waals surface area (Å²) in [7, 11) is 0. The monoisotopic (exact) mass is 304 g/mol. The Hall–Kier alpha value is -2.64. The Morgan fingerprint density at radius 3 is 1.59 bits per heavy atom. The fraction of sp³-hybridized carbons (Fsp3) is 0.429. The van der Waals surface area contributed by atoms with E-state index in [2.05, 4.69) is 9.97 Å². The molecule has 8 heteroatoms. The standard InChI is InChI=1S/C14H16N4O4/c1-8-6-17(12(21)15-10(8)19)14(4-3-5-14)18-7-9(2)11(20)16-13(18)22/h6-7H,3-5H2,1-2H3,(H,15,19,21)(H,16,20,22). The Labute approximate surface area is 124 Å². The average Bonchev–Trinajstić information content (AvgIpc) is 2.40. The molecule has 0 spiro atoms. The molecule has 116 valence electrons. The lowest BCUT2D eigenvalue weighted by Crippen LogP contribution is -2.57. The number of aromatic nitrogens is 4. The average molecular weight is 304 g/mol. The van der Waals surface area contributed by atoms with Crippen LogP contribution in [0.4, 0.5) is 0 Å². The van der Waals surface area contributed by atoms with Crippen molar-refractivity contribution in [2.24, 2.45) is 0 Å². The van der Waals surface area contributed by atoms with Gasteiger partial charge in [-0.05, 0) is 33.1 Å². The molecule has 1 aliphatic carbocycles. The summed E-state index contributed by atoms with van der Waals surface area (Å²) in [4.78, 5) is 52.0. The van der Waals surface area contributed by atoms with Crippen LogP contribution < -0.4 is 22.5 Å². The molecule has 22 heavy (non-hydrogen) atoms. The van der Waals surface area contributed by atoms with Crippen molar-refractivity contribution in [2.75, 3.05) is 0 Å². The minimum Gasteiger partial charge on any atom is -0.276 e. The second-order valence-corrected chi connectivity index (χ2v) is 5.72. The summed E-state index contributed by atoms with van der Waals surface area (Å²) in [6, 6.07) is 0. The molecule has 1 aliphatic rings. The van der Waals surface area contributed by atoms with Crippen LogP contribution in [0.3, 0.4) is 0 Å². The first-order valence-electron chi connectivity index (χ1n) is 7.01. The first-order chi connectivity index (χ1) is 10.3. The fourth-order valence-electron chi connectivity index (χ4n) is 2.84. The summed E-state index contributed by atoms with van der Waals surface area (Å²) in [5, 5.41) is 0. The van der Waals surface area contributed by atoms with Gasteiger partial charge in [0.15, 0.2) is 0 Å². The Kier molecular flexibility index (Phi) is 3.05. The second-order valence-electron chi connectivity index (χ2n) is 5.72. The molecule has 0 atom stereocenters. The third kappa shape index (κ3) is 1.91. The smallest absolute Gasteiger partial charge is 0.276 e. The molecule has 2 aromatic rings. The van der Waals surface area contributed by atoms with Crippen LogP contribution in [0.25, 0.3) is 0 Å². The van der Waals surface area contributed by atoms with Gasteiger partial charge in [-0.1, -0.05) is 0 Å². The maximum atomic E-state index is 12.2. The SMILES string of the molecule is Cc1cn(C2(n3cc(C)c(=O)[nH]c3=O)CCC2)c(=O)[nH]c1=O. The molecule has 0 saturated heterocycles. The van der Waals surface area contributed by atoms with Gasteiger partial charge in [0.1, 0.15) is 5.66 Å². The van der Waals surface area contributed by atoms with Crippen LogP contribution in [0, 0.1) is 13.8 Å². The zero-order valence-corrected chi connectivity index (χ0v) is 12.3. The number of nitrogens with zero attached hydrogens (tertiary/aromatic N) is 2. The first-order valence-corrected chi connectivity index (χ1v) is 7.01. The van der Waals surface area contributed by atoms with Crippen LogP contribution in [0.1, 0.15) is 30.4 Å². The van der Waals surface area contributed by atoms with Gasteiger partial charge in [0.05, 0.1) is 0 Å². The molecule has 2 N–H and O–H groups in total. The van der Waals surface area contributed by atoms with E-state index in [1.54, 1.807) is 13.8 Å². The zero-order chi connectivity index (χ0) is 16.1. The van der Waals surface area contributed by atoms with E-state index in [4.69, 9.17) is 0 Å². The Morgan fingerprint density at radius 1 is 0.864 bits per heavy atom. The summed E-state index contributed by atoms with van der Waals surface area (Å²) in [6.45, 7) is 3.20. The van der Waals surface area contributed by atoms with Crippen LogP contribution in [-0.4, -0.2) is 19.1 Å². The van der Waals surface area contributed by atoms with Crippen LogP contribution >= 0.6 is 0 Å². The van der Waals surface area contributed by atoms with Gasteiger partial charge < -0.3 is 0 Å². The van der Waals surface area contributed by atoms with Crippen molar-refractivity contribution < 1.29 is 0 Å². The topological polar surface area (TPSA) is 110 Å². The third-order valence-electron chi connectivity index (χ3n) is 4.29. The first kappa shape index (κ1) is 14.3. The molecule has 0 radical (unpaired) electrons. The highest BCUT2D eigenvalue weighted by Gasteiger charge is 2.42. The van der Waals surface area contributed by atoms with E-state index in [1.807, 2.05) is 0 Å². The number of aryl methyl sites for hydroxylation is 2. The van der Waals surface area contributed by atoms with Crippen molar-refractivity contribution in [3.8, 4) is 0 Å². The van der Waals surface area contributed by atoms with E-state index in [0.717, 1.165) is 6.42 Å². The fourth-order valence-corrected chi connectivity index (χ4v) is 2.84. The van der Waals surface area contributed by atoms with Gasteiger partial charge in [0, 0.05) is 23.5 Å². The third-order valence-corrected chi connectivity index (χ3v) is 4.29. The minimum absolute atomic E-state index is 0.389. The number of nitrogens with one attached hydrogen (secondary N) is 2. The van der Waals surface area contributed by atoms with Crippen molar-refractivity contribution in [1.29, 1.82) is 0 Å². The number of aromatic amines is 2. The van der Waals surface area contributed by atoms with Gasteiger partial charge in [-0.15, -0.1) is 0 Å². The molecular formula is C14H16N4O4. The molecule has 2 aromatic heterocycles. The quantitative estimate of drug-likeness (QED) is 0.771. The van der Waals surface area contributed by atoms with Gasteiger partial charge in [-0.2, -0.15) is 0 Å². The van der Waals surface area contributed by atoms with Crippen LogP contribution in [0.2, 0.25) is 0 Å². The van der Waals surface area contributed by atoms with Crippen LogP contribution in [-0.2, 0) is 5.66 Å². The lowest BCUT2D eigenvalue weighted by molar-refractivity contribution is 0.0882. The van der Waals surface area contributed by atoms with E-state index in [0.29, 0.717) is 24.0 Å². The molecule has 0 aromatic carbocycles. The molecular weight excluding hydrogens is 288 g/mol. The second kappa shape index (κ2) is 4.69. The summed E-state index contributed by atoms with van der Waals surface area (Å²) in [5.41, 5.74) is -2.11. The van der Waals surface area contributed by atoms with Crippen LogP contribution in [0.5, 0.6) is 0 Å². The molecule has 3 rings (SSSR count). The maximum absolute atomic E-state index is 12.2. The van der Waals surface area contributed by atoms with Crippen LogP contribution in [0.15, 0.2) is 31.6 Å². The molecule has 1 fully saturated rings. The molecule has 0 amide bonds. The van der Waals surface area contributed by atoms with E-state index in [-0.39, 0.29) is 0 Å². The largest absolute Gasteiger partial charge is 0.330 e. The molecule has 2 heterocycles. The Bertz CT molecular complexity index is 896. The molecule has 0 unspecified atom stereocenters. The summed E-state index contributed by atoms with van der Waals surface area (Å²) < 4.78 is 2.76. The van der Waals surface area contributed by atoms with Crippen molar-refractivity contribution in [1.82, 2.24) is 19.1 Å². The molecule has 8 nitrogen and oxygen atoms in total. The van der Waals surface area contributed by atoms with Gasteiger partial charge in [-0.25, -0.2) is 9.59 Å². The number of H-pyrrole nitrogens is 2. The summed E-state index contributed by atoms with van der Waals surface area (Å²) in [5.74, 6) is 0. The van der Waals surface area contributed by atoms with E-state index < -0.39 is 28.2 Å². The van der Waals surface area contributed by atoms with Gasteiger partial charge in [0.2, 0.25) is 0 Å². The Balaban J connectivity index is 2.32. The maximum Gasteiger partial charge on any atom is 0.330 e. The van der Waals surface area contributed by atoms with Crippen molar-refractivity contribution in [2.45, 2.75) is 38.8 Å². The lowest BCUT2D eigenvalue weighted by atomic mass is 9.84. The highest BCUT2D eigenvalue weighted by atomic mass is 16.2. The number of rotatable bonds is 2. The van der Waals surface area contributed by atoms with E-state index in [9.17, 15) is 19.2 Å². The summed E-state index contributed by atoms with van der Waals surface area (Å²) in [6.07, 6.45) is 4.92. The zero-order valence-electron chi connectivity index (χ0n) is 12.3. The minimum atomic E-state index is -0.877. The predicted octanol–water partition coefficient (Wildman–Crippen LogP) is -0.612. The Morgan fingerprint density at radius 2 is 1.27 bits per heavy atom. The predicted molar refractivity (Wildman–Crippen MR) is 79.3 cm³/mol. The molecule has 0 aliphatic heterocycles. The van der Waals surface area contributed by atoms with E-state index >= 15 is 0 Å². The van der Waals surface area contributed by atoms with Crippen molar-refractivity contribution in [3.05, 3.63) is 65.2 Å².